The van der Waals surface area contributed by atoms with Crippen LogP contribution < -0.4 is 5.32 Å². The SMILES string of the molecule is C/C=C/CCNCC(O)COCC1CC1. The molecule has 1 unspecified atom stereocenters. The van der Waals surface area contributed by atoms with Gasteiger partial charge in [0.1, 0.15) is 0 Å². The highest BCUT2D eigenvalue weighted by molar-refractivity contribution is 4.77. The van der Waals surface area contributed by atoms with Crippen LogP contribution >= 0.6 is 0 Å². The maximum Gasteiger partial charge on any atom is 0.0897 e. The number of nitrogens with one attached hydrogen (secondary N) is 1. The molecule has 15 heavy (non-hydrogen) atoms. The van der Waals surface area contributed by atoms with Gasteiger partial charge in [0.25, 0.3) is 0 Å². The Kier molecular flexibility index (Phi) is 6.64. The molecule has 0 bridgehead atoms. The second-order valence-electron chi connectivity index (χ2n) is 4.20. The predicted molar refractivity (Wildman–Crippen MR) is 61.9 cm³/mol. The molecule has 0 aliphatic heterocycles. The highest BCUT2D eigenvalue weighted by Crippen LogP contribution is 2.28. The zero-order valence-electron chi connectivity index (χ0n) is 9.61. The van der Waals surface area contributed by atoms with E-state index in [1.54, 1.807) is 0 Å². The standard InChI is InChI=1S/C12H23NO2/c1-2-3-4-7-13-8-12(14)10-15-9-11-5-6-11/h2-3,11-14H,4-10H2,1H3/b3-2+. The first-order chi connectivity index (χ1) is 7.33. The molecule has 0 aromatic carbocycles. The molecular weight excluding hydrogens is 190 g/mol. The fourth-order valence-corrected chi connectivity index (χ4v) is 1.33. The Labute approximate surface area is 92.5 Å². The monoisotopic (exact) mass is 213 g/mol. The van der Waals surface area contributed by atoms with Gasteiger partial charge in [-0.05, 0) is 38.6 Å². The summed E-state index contributed by atoms with van der Waals surface area (Å²) >= 11 is 0. The van der Waals surface area contributed by atoms with Crippen LogP contribution in [0.25, 0.3) is 0 Å². The van der Waals surface area contributed by atoms with Crippen molar-refractivity contribution in [2.75, 3.05) is 26.3 Å². The Morgan fingerprint density at radius 2 is 2.33 bits per heavy atom. The molecule has 88 valence electrons. The van der Waals surface area contributed by atoms with Crippen LogP contribution in [0.3, 0.4) is 0 Å². The van der Waals surface area contributed by atoms with Crippen molar-refractivity contribution < 1.29 is 9.84 Å². The van der Waals surface area contributed by atoms with Crippen molar-refractivity contribution in [2.24, 2.45) is 5.92 Å². The molecule has 0 amide bonds. The summed E-state index contributed by atoms with van der Waals surface area (Å²) in [6.07, 6.45) is 7.41. The summed E-state index contributed by atoms with van der Waals surface area (Å²) < 4.78 is 5.39. The molecule has 1 aliphatic carbocycles. The first-order valence-corrected chi connectivity index (χ1v) is 5.90. The first-order valence-electron chi connectivity index (χ1n) is 5.90. The molecule has 0 saturated heterocycles. The Balaban J connectivity index is 1.81. The van der Waals surface area contributed by atoms with E-state index in [1.807, 2.05) is 13.0 Å². The third-order valence-corrected chi connectivity index (χ3v) is 2.46. The molecule has 3 nitrogen and oxygen atoms in total. The lowest BCUT2D eigenvalue weighted by molar-refractivity contribution is 0.0327. The smallest absolute Gasteiger partial charge is 0.0897 e. The highest BCUT2D eigenvalue weighted by atomic mass is 16.5. The number of rotatable bonds is 9. The maximum atomic E-state index is 9.53. The van der Waals surface area contributed by atoms with Gasteiger partial charge >= 0.3 is 0 Å². The average Bonchev–Trinajstić information content (AvgIpc) is 3.01. The Bertz CT molecular complexity index is 178. The van der Waals surface area contributed by atoms with Crippen LogP contribution in [0.1, 0.15) is 26.2 Å². The van der Waals surface area contributed by atoms with Gasteiger partial charge in [-0.1, -0.05) is 12.2 Å². The lowest BCUT2D eigenvalue weighted by atomic mass is 10.3. The van der Waals surface area contributed by atoms with Crippen molar-refractivity contribution >= 4 is 0 Å². The van der Waals surface area contributed by atoms with Crippen molar-refractivity contribution in [3.8, 4) is 0 Å². The summed E-state index contributed by atoms with van der Waals surface area (Å²) in [5, 5.41) is 12.7. The highest BCUT2D eigenvalue weighted by Gasteiger charge is 2.21. The lowest BCUT2D eigenvalue weighted by Gasteiger charge is -2.11. The van der Waals surface area contributed by atoms with Crippen LogP contribution in [0.2, 0.25) is 0 Å². The molecule has 0 radical (unpaired) electrons. The number of hydrogen-bond acceptors (Lipinski definition) is 3. The largest absolute Gasteiger partial charge is 0.389 e. The fraction of sp³-hybridized carbons (Fsp3) is 0.833. The minimum Gasteiger partial charge on any atom is -0.389 e. The summed E-state index contributed by atoms with van der Waals surface area (Å²) in [6.45, 7) is 4.86. The van der Waals surface area contributed by atoms with Crippen LogP contribution in [0, 0.1) is 5.92 Å². The van der Waals surface area contributed by atoms with E-state index in [0.717, 1.165) is 25.5 Å². The van der Waals surface area contributed by atoms with Crippen LogP contribution in [0.4, 0.5) is 0 Å². The molecule has 1 rings (SSSR count). The van der Waals surface area contributed by atoms with E-state index in [9.17, 15) is 5.11 Å². The van der Waals surface area contributed by atoms with E-state index in [-0.39, 0.29) is 6.10 Å². The topological polar surface area (TPSA) is 41.5 Å². The van der Waals surface area contributed by atoms with E-state index >= 15 is 0 Å². The number of allylic oxidation sites excluding steroid dienone is 1. The average molecular weight is 213 g/mol. The molecule has 1 aliphatic rings. The number of aliphatic hydroxyl groups excluding tert-OH is 1. The van der Waals surface area contributed by atoms with Crippen molar-refractivity contribution in [2.45, 2.75) is 32.3 Å². The number of ether oxygens (including phenoxy) is 1. The summed E-state index contributed by atoms with van der Waals surface area (Å²) in [6, 6.07) is 0. The molecule has 0 aromatic heterocycles. The van der Waals surface area contributed by atoms with Gasteiger partial charge in [-0.25, -0.2) is 0 Å². The molecule has 0 spiro atoms. The lowest BCUT2D eigenvalue weighted by Crippen LogP contribution is -2.31. The molecule has 1 saturated carbocycles. The predicted octanol–water partition coefficient (Wildman–Crippen LogP) is 1.33. The van der Waals surface area contributed by atoms with Crippen LogP contribution in [0.15, 0.2) is 12.2 Å². The number of hydrogen-bond donors (Lipinski definition) is 2. The van der Waals surface area contributed by atoms with E-state index < -0.39 is 0 Å². The summed E-state index contributed by atoms with van der Waals surface area (Å²) in [5.41, 5.74) is 0. The quantitative estimate of drug-likeness (QED) is 0.448. The Morgan fingerprint density at radius 1 is 1.53 bits per heavy atom. The Hall–Kier alpha value is -0.380. The number of aliphatic hydroxyl groups is 1. The second-order valence-corrected chi connectivity index (χ2v) is 4.20. The maximum absolute atomic E-state index is 9.53. The van der Waals surface area contributed by atoms with Crippen LogP contribution in [0.5, 0.6) is 0 Å². The second kappa shape index (κ2) is 7.85. The molecule has 0 heterocycles. The molecule has 3 heteroatoms. The van der Waals surface area contributed by atoms with Crippen molar-refractivity contribution in [3.05, 3.63) is 12.2 Å². The van der Waals surface area contributed by atoms with Gasteiger partial charge in [0.05, 0.1) is 12.7 Å². The first kappa shape index (κ1) is 12.7. The molecule has 0 aromatic rings. The Morgan fingerprint density at radius 3 is 3.00 bits per heavy atom. The zero-order chi connectivity index (χ0) is 10.9. The molecule has 2 N–H and O–H groups in total. The summed E-state index contributed by atoms with van der Waals surface area (Å²) in [4.78, 5) is 0. The van der Waals surface area contributed by atoms with E-state index in [4.69, 9.17) is 4.74 Å². The third-order valence-electron chi connectivity index (χ3n) is 2.46. The summed E-state index contributed by atoms with van der Waals surface area (Å²) in [7, 11) is 0. The van der Waals surface area contributed by atoms with Crippen molar-refractivity contribution in [3.63, 3.8) is 0 Å². The normalized spacial score (nSPS) is 18.5. The van der Waals surface area contributed by atoms with Crippen molar-refractivity contribution in [1.82, 2.24) is 5.32 Å². The molecule has 1 atom stereocenters. The van der Waals surface area contributed by atoms with Gasteiger partial charge in [0, 0.05) is 13.2 Å². The fourth-order valence-electron chi connectivity index (χ4n) is 1.33. The van der Waals surface area contributed by atoms with Gasteiger partial charge in [0.2, 0.25) is 0 Å². The van der Waals surface area contributed by atoms with Gasteiger partial charge < -0.3 is 15.2 Å². The van der Waals surface area contributed by atoms with Crippen molar-refractivity contribution in [1.29, 1.82) is 0 Å². The summed E-state index contributed by atoms with van der Waals surface area (Å²) in [5.74, 6) is 0.778. The minimum absolute atomic E-state index is 0.366. The van der Waals surface area contributed by atoms with Gasteiger partial charge in [-0.15, -0.1) is 0 Å². The van der Waals surface area contributed by atoms with E-state index in [1.165, 1.54) is 12.8 Å². The zero-order valence-corrected chi connectivity index (χ0v) is 9.61. The minimum atomic E-state index is -0.366. The van der Waals surface area contributed by atoms with Crippen LogP contribution in [-0.2, 0) is 4.74 Å². The third kappa shape index (κ3) is 7.54. The van der Waals surface area contributed by atoms with E-state index in [2.05, 4.69) is 11.4 Å². The van der Waals surface area contributed by atoms with Gasteiger partial charge in [-0.3, -0.25) is 0 Å². The molecular formula is C12H23NO2. The molecule has 1 fully saturated rings. The van der Waals surface area contributed by atoms with E-state index in [0.29, 0.717) is 13.2 Å². The van der Waals surface area contributed by atoms with Gasteiger partial charge in [0.15, 0.2) is 0 Å². The van der Waals surface area contributed by atoms with Crippen LogP contribution in [-0.4, -0.2) is 37.5 Å². The van der Waals surface area contributed by atoms with Gasteiger partial charge in [-0.2, -0.15) is 0 Å².